The van der Waals surface area contributed by atoms with Crippen LogP contribution in [0.15, 0.2) is 5.10 Å². The van der Waals surface area contributed by atoms with Gasteiger partial charge in [0.05, 0.1) is 12.2 Å². The third-order valence-electron chi connectivity index (χ3n) is 2.99. The highest BCUT2D eigenvalue weighted by Gasteiger charge is 2.42. The van der Waals surface area contributed by atoms with E-state index in [2.05, 4.69) is 10.5 Å². The Labute approximate surface area is 82.7 Å². The quantitative estimate of drug-likeness (QED) is 0.502. The molecule has 2 rings (SSSR count). The summed E-state index contributed by atoms with van der Waals surface area (Å²) in [6.45, 7) is 1.91. The van der Waals surface area contributed by atoms with Gasteiger partial charge >= 0.3 is 6.03 Å². The molecule has 2 saturated heterocycles. The number of amides is 2. The molecule has 2 bridgehead atoms. The van der Waals surface area contributed by atoms with Crippen LogP contribution in [0.25, 0.3) is 0 Å². The number of hydrogen-bond acceptors (Lipinski definition) is 3. The van der Waals surface area contributed by atoms with Gasteiger partial charge < -0.3 is 10.5 Å². The number of primary amides is 1. The zero-order chi connectivity index (χ0) is 10.1. The first-order valence-electron chi connectivity index (χ1n) is 4.92. The van der Waals surface area contributed by atoms with Crippen molar-refractivity contribution in [3.63, 3.8) is 0 Å². The highest BCUT2D eigenvalue weighted by molar-refractivity contribution is 5.86. The molecule has 2 fully saturated rings. The van der Waals surface area contributed by atoms with Gasteiger partial charge in [-0.2, -0.15) is 5.10 Å². The lowest BCUT2D eigenvalue weighted by Gasteiger charge is -2.17. The summed E-state index contributed by atoms with van der Waals surface area (Å²) >= 11 is 0. The van der Waals surface area contributed by atoms with E-state index in [4.69, 9.17) is 10.5 Å². The first-order chi connectivity index (χ1) is 6.66. The predicted molar refractivity (Wildman–Crippen MR) is 51.8 cm³/mol. The molecular formula is C9H15N3O2. The van der Waals surface area contributed by atoms with Gasteiger partial charge in [0.15, 0.2) is 0 Å². The number of nitrogens with zero attached hydrogens (tertiary/aromatic N) is 1. The SMILES string of the molecule is C/C(=N\NC(N)=O)C1CC2CCC1O2. The van der Waals surface area contributed by atoms with Crippen molar-refractivity contribution in [2.24, 2.45) is 16.8 Å². The molecule has 2 aliphatic heterocycles. The highest BCUT2D eigenvalue weighted by atomic mass is 16.5. The normalized spacial score (nSPS) is 36.1. The van der Waals surface area contributed by atoms with E-state index in [9.17, 15) is 4.79 Å². The first-order valence-corrected chi connectivity index (χ1v) is 4.92. The number of hydrogen-bond donors (Lipinski definition) is 2. The Morgan fingerprint density at radius 2 is 2.36 bits per heavy atom. The lowest BCUT2D eigenvalue weighted by atomic mass is 9.86. The number of urea groups is 1. The van der Waals surface area contributed by atoms with Crippen LogP contribution in [-0.2, 0) is 4.74 Å². The van der Waals surface area contributed by atoms with E-state index in [1.807, 2.05) is 6.92 Å². The molecule has 0 saturated carbocycles. The van der Waals surface area contributed by atoms with Gasteiger partial charge in [-0.1, -0.05) is 0 Å². The Kier molecular flexibility index (Phi) is 2.41. The third kappa shape index (κ3) is 1.72. The minimum Gasteiger partial charge on any atom is -0.374 e. The van der Waals surface area contributed by atoms with Crippen molar-refractivity contribution < 1.29 is 9.53 Å². The van der Waals surface area contributed by atoms with Crippen LogP contribution in [0, 0.1) is 5.92 Å². The summed E-state index contributed by atoms with van der Waals surface area (Å²) in [6.07, 6.45) is 4.01. The number of nitrogens with two attached hydrogens (primary N) is 1. The van der Waals surface area contributed by atoms with Crippen molar-refractivity contribution in [1.29, 1.82) is 0 Å². The zero-order valence-corrected chi connectivity index (χ0v) is 8.19. The molecular weight excluding hydrogens is 182 g/mol. The average molecular weight is 197 g/mol. The average Bonchev–Trinajstić information content (AvgIpc) is 2.74. The standard InChI is InChI=1S/C9H15N3O2/c1-5(11-12-9(10)13)7-4-6-2-3-8(7)14-6/h6-8H,2-4H2,1H3,(H3,10,12,13)/b11-5+. The van der Waals surface area contributed by atoms with Gasteiger partial charge in [0.25, 0.3) is 0 Å². The van der Waals surface area contributed by atoms with Gasteiger partial charge in [0, 0.05) is 11.6 Å². The zero-order valence-electron chi connectivity index (χ0n) is 8.19. The molecule has 0 aliphatic carbocycles. The van der Waals surface area contributed by atoms with E-state index in [1.165, 1.54) is 0 Å². The van der Waals surface area contributed by atoms with Gasteiger partial charge in [-0.15, -0.1) is 0 Å². The molecule has 2 heterocycles. The molecule has 78 valence electrons. The van der Waals surface area contributed by atoms with Crippen molar-refractivity contribution in [2.45, 2.75) is 38.4 Å². The molecule has 0 spiro atoms. The lowest BCUT2D eigenvalue weighted by Crippen LogP contribution is -2.29. The fourth-order valence-electron chi connectivity index (χ4n) is 2.30. The first kappa shape index (κ1) is 9.45. The molecule has 0 aromatic rings. The van der Waals surface area contributed by atoms with Crippen molar-refractivity contribution in [2.75, 3.05) is 0 Å². The van der Waals surface area contributed by atoms with Gasteiger partial charge in [0.2, 0.25) is 0 Å². The van der Waals surface area contributed by atoms with Crippen LogP contribution in [0.4, 0.5) is 4.79 Å². The summed E-state index contributed by atoms with van der Waals surface area (Å²) in [4.78, 5) is 10.5. The van der Waals surface area contributed by atoms with E-state index in [0.717, 1.165) is 25.0 Å². The summed E-state index contributed by atoms with van der Waals surface area (Å²) in [5.74, 6) is 0.362. The monoisotopic (exact) mass is 197 g/mol. The number of nitrogens with one attached hydrogen (secondary N) is 1. The van der Waals surface area contributed by atoms with Gasteiger partial charge in [0.1, 0.15) is 0 Å². The van der Waals surface area contributed by atoms with Gasteiger partial charge in [-0.25, -0.2) is 10.2 Å². The van der Waals surface area contributed by atoms with Crippen molar-refractivity contribution >= 4 is 11.7 Å². The molecule has 3 unspecified atom stereocenters. The number of hydrazone groups is 1. The Morgan fingerprint density at radius 3 is 2.86 bits per heavy atom. The molecule has 14 heavy (non-hydrogen) atoms. The number of carbonyl (C=O) groups excluding carboxylic acids is 1. The molecule has 2 aliphatic rings. The highest BCUT2D eigenvalue weighted by Crippen LogP contribution is 2.39. The maximum Gasteiger partial charge on any atom is 0.332 e. The van der Waals surface area contributed by atoms with Crippen LogP contribution in [0.2, 0.25) is 0 Å². The maximum atomic E-state index is 10.5. The smallest absolute Gasteiger partial charge is 0.332 e. The second kappa shape index (κ2) is 3.57. The van der Waals surface area contributed by atoms with Crippen LogP contribution < -0.4 is 11.2 Å². The number of fused-ring (bicyclic) bond motifs is 2. The van der Waals surface area contributed by atoms with Crippen molar-refractivity contribution in [3.8, 4) is 0 Å². The number of carbonyl (C=O) groups is 1. The Balaban J connectivity index is 1.95. The summed E-state index contributed by atoms with van der Waals surface area (Å²) in [6, 6.07) is -0.617. The summed E-state index contributed by atoms with van der Waals surface area (Å²) in [5.41, 5.74) is 8.09. The summed E-state index contributed by atoms with van der Waals surface area (Å²) in [7, 11) is 0. The third-order valence-corrected chi connectivity index (χ3v) is 2.99. The van der Waals surface area contributed by atoms with Crippen LogP contribution >= 0.6 is 0 Å². The van der Waals surface area contributed by atoms with Crippen molar-refractivity contribution in [1.82, 2.24) is 5.43 Å². The van der Waals surface area contributed by atoms with E-state index >= 15 is 0 Å². The fourth-order valence-corrected chi connectivity index (χ4v) is 2.30. The second-order valence-corrected chi connectivity index (χ2v) is 3.95. The fraction of sp³-hybridized carbons (Fsp3) is 0.778. The minimum atomic E-state index is -0.617. The van der Waals surface area contributed by atoms with Crippen molar-refractivity contribution in [3.05, 3.63) is 0 Å². The van der Waals surface area contributed by atoms with E-state index in [1.54, 1.807) is 0 Å². The molecule has 5 heteroatoms. The summed E-state index contributed by atoms with van der Waals surface area (Å²) in [5, 5.41) is 3.94. The van der Waals surface area contributed by atoms with Crippen LogP contribution in [0.5, 0.6) is 0 Å². The molecule has 2 amide bonds. The molecule has 3 N–H and O–H groups in total. The molecule has 0 radical (unpaired) electrons. The van der Waals surface area contributed by atoms with E-state index in [0.29, 0.717) is 18.1 Å². The van der Waals surface area contributed by atoms with Gasteiger partial charge in [-0.05, 0) is 26.2 Å². The Bertz CT molecular complexity index is 277. The van der Waals surface area contributed by atoms with Crippen LogP contribution in [-0.4, -0.2) is 24.0 Å². The minimum absolute atomic E-state index is 0.304. The maximum absolute atomic E-state index is 10.5. The van der Waals surface area contributed by atoms with E-state index in [-0.39, 0.29) is 0 Å². The van der Waals surface area contributed by atoms with E-state index < -0.39 is 6.03 Å². The molecule has 0 aromatic heterocycles. The molecule has 5 nitrogen and oxygen atoms in total. The lowest BCUT2D eigenvalue weighted by molar-refractivity contribution is 0.0995. The van der Waals surface area contributed by atoms with Crippen LogP contribution in [0.1, 0.15) is 26.2 Å². The Morgan fingerprint density at radius 1 is 1.57 bits per heavy atom. The topological polar surface area (TPSA) is 76.7 Å². The molecule has 0 aromatic carbocycles. The van der Waals surface area contributed by atoms with Gasteiger partial charge in [-0.3, -0.25) is 0 Å². The number of ether oxygens (including phenoxy) is 1. The van der Waals surface area contributed by atoms with Crippen LogP contribution in [0.3, 0.4) is 0 Å². The molecule has 3 atom stereocenters. The number of rotatable bonds is 2. The largest absolute Gasteiger partial charge is 0.374 e. The predicted octanol–water partition coefficient (Wildman–Crippen LogP) is 0.598. The Hall–Kier alpha value is -1.10. The summed E-state index contributed by atoms with van der Waals surface area (Å²) < 4.78 is 5.69. The second-order valence-electron chi connectivity index (χ2n) is 3.95.